The summed E-state index contributed by atoms with van der Waals surface area (Å²) in [5, 5.41) is 12.2. The summed E-state index contributed by atoms with van der Waals surface area (Å²) in [5.41, 5.74) is -1.32. The van der Waals surface area contributed by atoms with Crippen LogP contribution in [0.2, 0.25) is 0 Å². The SMILES string of the molecule is CCCC(COC)NC(=O)C(C)(C)O. The fourth-order valence-corrected chi connectivity index (χ4v) is 1.11. The van der Waals surface area contributed by atoms with Gasteiger partial charge in [-0.25, -0.2) is 0 Å². The maximum Gasteiger partial charge on any atom is 0.251 e. The monoisotopic (exact) mass is 203 g/mol. The topological polar surface area (TPSA) is 58.6 Å². The molecule has 14 heavy (non-hydrogen) atoms. The molecule has 0 spiro atoms. The van der Waals surface area contributed by atoms with Crippen molar-refractivity contribution >= 4 is 5.91 Å². The number of ether oxygens (including phenoxy) is 1. The van der Waals surface area contributed by atoms with Crippen molar-refractivity contribution in [2.75, 3.05) is 13.7 Å². The van der Waals surface area contributed by atoms with Crippen LogP contribution in [0.4, 0.5) is 0 Å². The van der Waals surface area contributed by atoms with Gasteiger partial charge in [0.25, 0.3) is 5.91 Å². The van der Waals surface area contributed by atoms with Crippen molar-refractivity contribution in [1.82, 2.24) is 5.32 Å². The molecular formula is C10H21NO3. The summed E-state index contributed by atoms with van der Waals surface area (Å²) in [6.07, 6.45) is 1.83. The molecule has 0 fully saturated rings. The van der Waals surface area contributed by atoms with Gasteiger partial charge in [-0.2, -0.15) is 0 Å². The summed E-state index contributed by atoms with van der Waals surface area (Å²) >= 11 is 0. The van der Waals surface area contributed by atoms with Crippen LogP contribution in [0.25, 0.3) is 0 Å². The van der Waals surface area contributed by atoms with Crippen LogP contribution in [0, 0.1) is 0 Å². The number of rotatable bonds is 6. The Balaban J connectivity index is 4.08. The number of nitrogens with one attached hydrogen (secondary N) is 1. The minimum Gasteiger partial charge on any atom is -0.383 e. The van der Waals surface area contributed by atoms with Gasteiger partial charge in [-0.1, -0.05) is 13.3 Å². The van der Waals surface area contributed by atoms with E-state index in [0.717, 1.165) is 12.8 Å². The van der Waals surface area contributed by atoms with Crippen LogP contribution < -0.4 is 5.32 Å². The zero-order valence-corrected chi connectivity index (χ0v) is 9.46. The van der Waals surface area contributed by atoms with Crippen molar-refractivity contribution in [3.05, 3.63) is 0 Å². The molecule has 1 unspecified atom stereocenters. The van der Waals surface area contributed by atoms with E-state index in [2.05, 4.69) is 5.32 Å². The Bertz CT molecular complexity index is 169. The zero-order valence-electron chi connectivity index (χ0n) is 9.46. The predicted octanol–water partition coefficient (Wildman–Crippen LogP) is 0.689. The first kappa shape index (κ1) is 13.4. The maximum absolute atomic E-state index is 11.4. The van der Waals surface area contributed by atoms with Gasteiger partial charge in [0.05, 0.1) is 12.6 Å². The number of hydrogen-bond acceptors (Lipinski definition) is 3. The molecule has 0 saturated heterocycles. The molecule has 0 aromatic carbocycles. The Morgan fingerprint density at radius 2 is 2.14 bits per heavy atom. The van der Waals surface area contributed by atoms with E-state index in [9.17, 15) is 9.90 Å². The predicted molar refractivity (Wildman–Crippen MR) is 55.0 cm³/mol. The van der Waals surface area contributed by atoms with E-state index >= 15 is 0 Å². The Morgan fingerprint density at radius 3 is 2.50 bits per heavy atom. The lowest BCUT2D eigenvalue weighted by atomic mass is 10.1. The first-order valence-electron chi connectivity index (χ1n) is 4.94. The average Bonchev–Trinajstić information content (AvgIpc) is 2.03. The molecule has 0 rings (SSSR count). The van der Waals surface area contributed by atoms with Gasteiger partial charge in [0.1, 0.15) is 5.60 Å². The molecule has 0 aromatic heterocycles. The third-order valence-electron chi connectivity index (χ3n) is 1.90. The molecule has 0 aliphatic rings. The second-order valence-corrected chi connectivity index (χ2v) is 3.97. The lowest BCUT2D eigenvalue weighted by Gasteiger charge is -2.22. The third kappa shape index (κ3) is 5.19. The minimum atomic E-state index is -1.32. The molecule has 1 atom stereocenters. The van der Waals surface area contributed by atoms with Gasteiger partial charge in [-0.05, 0) is 20.3 Å². The second-order valence-electron chi connectivity index (χ2n) is 3.97. The van der Waals surface area contributed by atoms with Crippen molar-refractivity contribution in [2.45, 2.75) is 45.3 Å². The number of carbonyl (C=O) groups is 1. The standard InChI is InChI=1S/C10H21NO3/c1-5-6-8(7-14-4)11-9(12)10(2,3)13/h8,13H,5-7H2,1-4H3,(H,11,12). The Morgan fingerprint density at radius 1 is 1.57 bits per heavy atom. The molecule has 0 aliphatic carbocycles. The molecule has 0 bridgehead atoms. The highest BCUT2D eigenvalue weighted by atomic mass is 16.5. The summed E-state index contributed by atoms with van der Waals surface area (Å²) in [4.78, 5) is 11.4. The third-order valence-corrected chi connectivity index (χ3v) is 1.90. The van der Waals surface area contributed by atoms with Gasteiger partial charge in [0, 0.05) is 7.11 Å². The van der Waals surface area contributed by atoms with Crippen molar-refractivity contribution in [3.8, 4) is 0 Å². The van der Waals surface area contributed by atoms with Crippen LogP contribution in [0.1, 0.15) is 33.6 Å². The fraction of sp³-hybridized carbons (Fsp3) is 0.900. The molecule has 0 radical (unpaired) electrons. The van der Waals surface area contributed by atoms with Crippen LogP contribution in [0.15, 0.2) is 0 Å². The second kappa shape index (κ2) is 5.98. The minimum absolute atomic E-state index is 0.0103. The molecular weight excluding hydrogens is 182 g/mol. The number of hydrogen-bond donors (Lipinski definition) is 2. The summed E-state index contributed by atoms with van der Waals surface area (Å²) in [6.45, 7) is 5.46. The summed E-state index contributed by atoms with van der Waals surface area (Å²) in [7, 11) is 1.60. The lowest BCUT2D eigenvalue weighted by Crippen LogP contribution is -2.48. The highest BCUT2D eigenvalue weighted by Gasteiger charge is 2.25. The van der Waals surface area contributed by atoms with E-state index in [-0.39, 0.29) is 11.9 Å². The first-order chi connectivity index (χ1) is 6.41. The van der Waals surface area contributed by atoms with Crippen LogP contribution in [-0.2, 0) is 9.53 Å². The summed E-state index contributed by atoms with van der Waals surface area (Å²) < 4.78 is 4.97. The molecule has 84 valence electrons. The molecule has 0 saturated carbocycles. The van der Waals surface area contributed by atoms with Crippen LogP contribution in [-0.4, -0.2) is 36.4 Å². The molecule has 1 amide bonds. The van der Waals surface area contributed by atoms with Gasteiger partial charge < -0.3 is 15.2 Å². The zero-order chi connectivity index (χ0) is 11.2. The quantitative estimate of drug-likeness (QED) is 0.667. The Labute approximate surface area is 85.6 Å². The highest BCUT2D eigenvalue weighted by Crippen LogP contribution is 2.04. The maximum atomic E-state index is 11.4. The fourth-order valence-electron chi connectivity index (χ4n) is 1.11. The van der Waals surface area contributed by atoms with Crippen LogP contribution in [0.3, 0.4) is 0 Å². The first-order valence-corrected chi connectivity index (χ1v) is 4.94. The lowest BCUT2D eigenvalue weighted by molar-refractivity contribution is -0.137. The van der Waals surface area contributed by atoms with Gasteiger partial charge in [0.2, 0.25) is 0 Å². The highest BCUT2D eigenvalue weighted by molar-refractivity contribution is 5.84. The summed E-state index contributed by atoms with van der Waals surface area (Å²) in [5.74, 6) is -0.354. The number of carbonyl (C=O) groups excluding carboxylic acids is 1. The molecule has 2 N–H and O–H groups in total. The van der Waals surface area contributed by atoms with Crippen LogP contribution in [0.5, 0.6) is 0 Å². The normalized spacial score (nSPS) is 13.8. The Hall–Kier alpha value is -0.610. The van der Waals surface area contributed by atoms with Gasteiger partial charge in [-0.3, -0.25) is 4.79 Å². The van der Waals surface area contributed by atoms with E-state index in [4.69, 9.17) is 4.74 Å². The largest absolute Gasteiger partial charge is 0.383 e. The smallest absolute Gasteiger partial charge is 0.251 e. The molecule has 4 heteroatoms. The van der Waals surface area contributed by atoms with Crippen LogP contribution >= 0.6 is 0 Å². The van der Waals surface area contributed by atoms with E-state index in [1.807, 2.05) is 6.92 Å². The number of aliphatic hydroxyl groups is 1. The van der Waals surface area contributed by atoms with Crippen molar-refractivity contribution in [2.24, 2.45) is 0 Å². The number of amides is 1. The molecule has 0 aromatic rings. The summed E-state index contributed by atoms with van der Waals surface area (Å²) in [6, 6.07) is -0.0103. The van der Waals surface area contributed by atoms with Gasteiger partial charge in [0.15, 0.2) is 0 Å². The molecule has 4 nitrogen and oxygen atoms in total. The van der Waals surface area contributed by atoms with Gasteiger partial charge in [-0.15, -0.1) is 0 Å². The van der Waals surface area contributed by atoms with Gasteiger partial charge >= 0.3 is 0 Å². The molecule has 0 heterocycles. The molecule has 0 aliphatic heterocycles. The van der Waals surface area contributed by atoms with Crippen molar-refractivity contribution in [1.29, 1.82) is 0 Å². The van der Waals surface area contributed by atoms with E-state index < -0.39 is 5.60 Å². The van der Waals surface area contributed by atoms with Crippen molar-refractivity contribution < 1.29 is 14.6 Å². The Kier molecular flexibility index (Phi) is 5.72. The van der Waals surface area contributed by atoms with E-state index in [1.165, 1.54) is 13.8 Å². The number of methoxy groups -OCH3 is 1. The van der Waals surface area contributed by atoms with E-state index in [1.54, 1.807) is 7.11 Å². The van der Waals surface area contributed by atoms with E-state index in [0.29, 0.717) is 6.61 Å². The average molecular weight is 203 g/mol. The van der Waals surface area contributed by atoms with Crippen molar-refractivity contribution in [3.63, 3.8) is 0 Å².